The monoisotopic (exact) mass is 506 g/mol. The van der Waals surface area contributed by atoms with E-state index in [0.29, 0.717) is 12.4 Å². The average Bonchev–Trinajstić information content (AvgIpc) is 3.66. The van der Waals surface area contributed by atoms with Crippen LogP contribution in [-0.2, 0) is 9.59 Å². The predicted molar refractivity (Wildman–Crippen MR) is 151 cm³/mol. The Morgan fingerprint density at radius 2 is 1.58 bits per heavy atom. The molecule has 1 aliphatic rings. The second-order valence-corrected chi connectivity index (χ2v) is 9.90. The van der Waals surface area contributed by atoms with Gasteiger partial charge >= 0.3 is 0 Å². The largest absolute Gasteiger partial charge is 0.333 e. The van der Waals surface area contributed by atoms with E-state index in [2.05, 4.69) is 24.4 Å². The number of amides is 2. The van der Waals surface area contributed by atoms with Crippen LogP contribution in [0.25, 0.3) is 16.9 Å². The highest BCUT2D eigenvalue weighted by molar-refractivity contribution is 5.95. The Hall–Kier alpha value is -4.19. The molecule has 1 unspecified atom stereocenters. The van der Waals surface area contributed by atoms with Gasteiger partial charge in [0.25, 0.3) is 0 Å². The van der Waals surface area contributed by atoms with Crippen LogP contribution in [0.15, 0.2) is 97.1 Å². The second kappa shape index (κ2) is 11.9. The van der Waals surface area contributed by atoms with Gasteiger partial charge in [-0.05, 0) is 36.5 Å². The summed E-state index contributed by atoms with van der Waals surface area (Å²) in [5, 5.41) is 7.83. The quantitative estimate of drug-likeness (QED) is 0.243. The average molecular weight is 507 g/mol. The van der Waals surface area contributed by atoms with Crippen LogP contribution >= 0.6 is 0 Å². The van der Waals surface area contributed by atoms with Gasteiger partial charge in [-0.2, -0.15) is 5.10 Å². The van der Waals surface area contributed by atoms with Crippen LogP contribution in [-0.4, -0.2) is 39.6 Å². The summed E-state index contributed by atoms with van der Waals surface area (Å²) >= 11 is 0. The first-order chi connectivity index (χ1) is 18.6. The lowest BCUT2D eigenvalue weighted by molar-refractivity contribution is -0.136. The van der Waals surface area contributed by atoms with Gasteiger partial charge in [-0.15, -0.1) is 0 Å². The van der Waals surface area contributed by atoms with E-state index in [-0.39, 0.29) is 30.2 Å². The van der Waals surface area contributed by atoms with Crippen molar-refractivity contribution in [2.24, 2.45) is 5.92 Å². The molecule has 194 valence electrons. The van der Waals surface area contributed by atoms with Gasteiger partial charge in [-0.3, -0.25) is 9.59 Å². The van der Waals surface area contributed by atoms with Gasteiger partial charge in [0.05, 0.1) is 17.9 Å². The van der Waals surface area contributed by atoms with Crippen molar-refractivity contribution in [1.82, 2.24) is 14.7 Å². The Morgan fingerprint density at radius 1 is 0.921 bits per heavy atom. The number of nitrogens with one attached hydrogen (secondary N) is 1. The van der Waals surface area contributed by atoms with E-state index in [1.165, 1.54) is 5.56 Å². The first-order valence-electron chi connectivity index (χ1n) is 13.5. The molecule has 1 aliphatic carbocycles. The molecule has 1 N–H and O–H groups in total. The van der Waals surface area contributed by atoms with E-state index in [4.69, 9.17) is 5.10 Å². The van der Waals surface area contributed by atoms with E-state index in [0.717, 1.165) is 42.6 Å². The Bertz CT molecular complexity index is 1350. The van der Waals surface area contributed by atoms with E-state index >= 15 is 0 Å². The van der Waals surface area contributed by atoms with E-state index in [9.17, 15) is 9.59 Å². The fourth-order valence-electron chi connectivity index (χ4n) is 4.93. The summed E-state index contributed by atoms with van der Waals surface area (Å²) in [6, 6.07) is 31.7. The summed E-state index contributed by atoms with van der Waals surface area (Å²) in [5.41, 5.74) is 3.78. The Kier molecular flexibility index (Phi) is 7.98. The predicted octanol–water partition coefficient (Wildman–Crippen LogP) is 6.30. The van der Waals surface area contributed by atoms with Crippen LogP contribution in [0.3, 0.4) is 0 Å². The molecule has 4 aromatic rings. The topological polar surface area (TPSA) is 67.2 Å². The number of benzene rings is 3. The number of hydrogen-bond acceptors (Lipinski definition) is 3. The molecule has 3 aromatic carbocycles. The summed E-state index contributed by atoms with van der Waals surface area (Å²) in [6.07, 6.45) is 3.82. The number of nitrogens with zero attached hydrogens (tertiary/aromatic N) is 3. The Balaban J connectivity index is 1.33. The van der Waals surface area contributed by atoms with Gasteiger partial charge in [0.2, 0.25) is 11.8 Å². The third-order valence-corrected chi connectivity index (χ3v) is 7.06. The molecule has 2 atom stereocenters. The fourth-order valence-corrected chi connectivity index (χ4v) is 4.93. The zero-order chi connectivity index (χ0) is 26.3. The number of carbonyl (C=O) groups is 2. The first kappa shape index (κ1) is 25.5. The van der Waals surface area contributed by atoms with Gasteiger partial charge in [-0.1, -0.05) is 98.6 Å². The van der Waals surface area contributed by atoms with E-state index < -0.39 is 0 Å². The maximum absolute atomic E-state index is 13.5. The van der Waals surface area contributed by atoms with Crippen LogP contribution in [0, 0.1) is 5.92 Å². The molecule has 1 aromatic heterocycles. The zero-order valence-electron chi connectivity index (χ0n) is 21.8. The molecule has 0 saturated heterocycles. The number of rotatable bonds is 11. The highest BCUT2D eigenvalue weighted by Crippen LogP contribution is 2.48. The molecule has 38 heavy (non-hydrogen) atoms. The lowest BCUT2D eigenvalue weighted by atomic mass is 10.1. The molecule has 6 heteroatoms. The van der Waals surface area contributed by atoms with Crippen molar-refractivity contribution in [2.45, 2.75) is 38.5 Å². The van der Waals surface area contributed by atoms with Crippen molar-refractivity contribution < 1.29 is 9.59 Å². The number of aromatic nitrogens is 2. The number of unbranched alkanes of at least 4 members (excludes halogenated alkanes) is 2. The smallest absolute Gasteiger partial charge is 0.245 e. The molecule has 0 aliphatic heterocycles. The summed E-state index contributed by atoms with van der Waals surface area (Å²) in [6.45, 7) is 2.76. The van der Waals surface area contributed by atoms with Crippen LogP contribution in [0.4, 0.5) is 5.82 Å². The summed E-state index contributed by atoms with van der Waals surface area (Å²) < 4.78 is 1.75. The standard InChI is InChI=1S/C32H34N4O2/c1-2-3-13-20-35(32(38)28-21-27(28)24-14-7-4-8-15-24)23-31(37)33-30-22-29(25-16-9-5-10-17-25)34-36(30)26-18-11-6-12-19-26/h4-12,14-19,22,27-28H,2-3,13,20-21,23H2,1H3,(H,33,37)/t27-,28?/m0/s1. The normalized spacial score (nSPS) is 16.1. The lowest BCUT2D eigenvalue weighted by Crippen LogP contribution is -2.40. The molecule has 6 nitrogen and oxygen atoms in total. The summed E-state index contributed by atoms with van der Waals surface area (Å²) in [5.74, 6) is 0.629. The molecule has 0 bridgehead atoms. The van der Waals surface area contributed by atoms with Crippen molar-refractivity contribution in [1.29, 1.82) is 0 Å². The minimum absolute atomic E-state index is 0.0290. The van der Waals surface area contributed by atoms with Crippen LogP contribution in [0.5, 0.6) is 0 Å². The minimum atomic E-state index is -0.219. The van der Waals surface area contributed by atoms with Gasteiger partial charge in [0, 0.05) is 24.1 Å². The molecule has 0 radical (unpaired) electrons. The van der Waals surface area contributed by atoms with Crippen molar-refractivity contribution in [2.75, 3.05) is 18.4 Å². The number of carbonyl (C=O) groups excluding carboxylic acids is 2. The Morgan fingerprint density at radius 3 is 2.26 bits per heavy atom. The van der Waals surface area contributed by atoms with E-state index in [1.807, 2.05) is 84.9 Å². The molecule has 0 spiro atoms. The molecule has 1 heterocycles. The summed E-state index contributed by atoms with van der Waals surface area (Å²) in [7, 11) is 0. The minimum Gasteiger partial charge on any atom is -0.333 e. The highest BCUT2D eigenvalue weighted by atomic mass is 16.2. The molecule has 5 rings (SSSR count). The molecular formula is C32H34N4O2. The number of hydrogen-bond donors (Lipinski definition) is 1. The van der Waals surface area contributed by atoms with Crippen LogP contribution in [0.1, 0.15) is 44.1 Å². The SMILES string of the molecule is CCCCCN(CC(=O)Nc1cc(-c2ccccc2)nn1-c1ccccc1)C(=O)C1C[C@H]1c1ccccc1. The highest BCUT2D eigenvalue weighted by Gasteiger charge is 2.45. The number of para-hydroxylation sites is 1. The molecular weight excluding hydrogens is 472 g/mol. The van der Waals surface area contributed by atoms with Crippen molar-refractivity contribution >= 4 is 17.6 Å². The third-order valence-electron chi connectivity index (χ3n) is 7.06. The second-order valence-electron chi connectivity index (χ2n) is 9.90. The lowest BCUT2D eigenvalue weighted by Gasteiger charge is -2.22. The van der Waals surface area contributed by atoms with Crippen molar-refractivity contribution in [3.05, 3.63) is 103 Å². The first-order valence-corrected chi connectivity index (χ1v) is 13.5. The van der Waals surface area contributed by atoms with Gasteiger partial charge in [0.15, 0.2) is 0 Å². The van der Waals surface area contributed by atoms with Crippen LogP contribution in [0.2, 0.25) is 0 Å². The Labute approximate surface area is 224 Å². The maximum Gasteiger partial charge on any atom is 0.245 e. The number of anilines is 1. The van der Waals surface area contributed by atoms with Gasteiger partial charge < -0.3 is 10.2 Å². The van der Waals surface area contributed by atoms with E-state index in [1.54, 1.807) is 9.58 Å². The summed E-state index contributed by atoms with van der Waals surface area (Å²) in [4.78, 5) is 28.6. The van der Waals surface area contributed by atoms with Gasteiger partial charge in [-0.25, -0.2) is 4.68 Å². The molecule has 1 saturated carbocycles. The molecule has 1 fully saturated rings. The third kappa shape index (κ3) is 6.02. The fraction of sp³-hybridized carbons (Fsp3) is 0.281. The maximum atomic E-state index is 13.5. The molecule has 2 amide bonds. The van der Waals surface area contributed by atoms with Gasteiger partial charge in [0.1, 0.15) is 5.82 Å². The zero-order valence-corrected chi connectivity index (χ0v) is 21.8. The van der Waals surface area contributed by atoms with Crippen molar-refractivity contribution in [3.63, 3.8) is 0 Å². The van der Waals surface area contributed by atoms with Crippen molar-refractivity contribution in [3.8, 4) is 16.9 Å². The van der Waals surface area contributed by atoms with Crippen LogP contribution < -0.4 is 5.32 Å².